The summed E-state index contributed by atoms with van der Waals surface area (Å²) in [5.74, 6) is -0.132. The average Bonchev–Trinajstić information content (AvgIpc) is 3.37. The highest BCUT2D eigenvalue weighted by molar-refractivity contribution is 7.98. The third-order valence-electron chi connectivity index (χ3n) is 5.95. The summed E-state index contributed by atoms with van der Waals surface area (Å²) in [7, 11) is 0. The maximum absolute atomic E-state index is 11.6. The fourth-order valence-electron chi connectivity index (χ4n) is 4.24. The van der Waals surface area contributed by atoms with E-state index in [0.717, 1.165) is 37.4 Å². The van der Waals surface area contributed by atoms with Gasteiger partial charge in [0.15, 0.2) is 0 Å². The van der Waals surface area contributed by atoms with E-state index in [2.05, 4.69) is 46.1 Å². The zero-order valence-corrected chi connectivity index (χ0v) is 20.6. The summed E-state index contributed by atoms with van der Waals surface area (Å²) in [6, 6.07) is 22.5. The first-order valence-electron chi connectivity index (χ1n) is 11.0. The molecule has 0 aliphatic heterocycles. The van der Waals surface area contributed by atoms with Crippen LogP contribution in [0, 0.1) is 6.92 Å². The lowest BCUT2D eigenvalue weighted by Crippen LogP contribution is -2.05. The normalized spacial score (nSPS) is 11.4. The summed E-state index contributed by atoms with van der Waals surface area (Å²) in [5, 5.41) is 11.4. The number of aliphatic carboxylic acids is 1. The van der Waals surface area contributed by atoms with Gasteiger partial charge in [-0.15, -0.1) is 23.1 Å². The Morgan fingerprint density at radius 1 is 1.12 bits per heavy atom. The molecule has 5 rings (SSSR count). The maximum Gasteiger partial charge on any atom is 0.307 e. The van der Waals surface area contributed by atoms with Gasteiger partial charge in [-0.3, -0.25) is 4.79 Å². The van der Waals surface area contributed by atoms with Gasteiger partial charge in [0.1, 0.15) is 17.4 Å². The van der Waals surface area contributed by atoms with Crippen molar-refractivity contribution in [3.05, 3.63) is 88.6 Å². The number of hydrogen-bond acceptors (Lipinski definition) is 5. The molecule has 0 unspecified atom stereocenters. The van der Waals surface area contributed by atoms with Crippen LogP contribution in [0.25, 0.3) is 21.1 Å². The highest BCUT2D eigenvalue weighted by Gasteiger charge is 2.18. The van der Waals surface area contributed by atoms with Crippen molar-refractivity contribution >= 4 is 50.2 Å². The molecule has 5 aromatic rings. The minimum absolute atomic E-state index is 0.0257. The summed E-state index contributed by atoms with van der Waals surface area (Å²) in [6.07, 6.45) is 2.04. The second-order valence-corrected chi connectivity index (χ2v) is 10.1. The molecular formula is C27H24N2O3S2. The molecule has 0 fully saturated rings. The number of rotatable bonds is 8. The van der Waals surface area contributed by atoms with E-state index in [0.29, 0.717) is 18.9 Å². The Morgan fingerprint density at radius 2 is 1.91 bits per heavy atom. The van der Waals surface area contributed by atoms with Gasteiger partial charge >= 0.3 is 5.97 Å². The van der Waals surface area contributed by atoms with E-state index in [4.69, 9.17) is 4.74 Å². The first kappa shape index (κ1) is 22.5. The fraction of sp³-hybridized carbons (Fsp3) is 0.185. The van der Waals surface area contributed by atoms with Crippen LogP contribution in [-0.2, 0) is 24.4 Å². The Balaban J connectivity index is 1.46. The van der Waals surface area contributed by atoms with E-state index in [-0.39, 0.29) is 6.42 Å². The number of nitrogens with zero attached hydrogens (tertiary/aromatic N) is 2. The molecule has 0 spiro atoms. The van der Waals surface area contributed by atoms with Gasteiger partial charge in [-0.2, -0.15) is 0 Å². The van der Waals surface area contributed by atoms with Crippen molar-refractivity contribution in [1.82, 2.24) is 9.55 Å². The quantitative estimate of drug-likeness (QED) is 0.251. The summed E-state index contributed by atoms with van der Waals surface area (Å²) in [4.78, 5) is 17.5. The summed E-state index contributed by atoms with van der Waals surface area (Å²) in [6.45, 7) is 3.05. The predicted octanol–water partition coefficient (Wildman–Crippen LogP) is 6.54. The highest BCUT2D eigenvalue weighted by Crippen LogP contribution is 2.32. The van der Waals surface area contributed by atoms with Crippen molar-refractivity contribution in [1.29, 1.82) is 0 Å². The zero-order valence-electron chi connectivity index (χ0n) is 18.9. The molecule has 2 aromatic heterocycles. The van der Waals surface area contributed by atoms with E-state index in [9.17, 15) is 9.90 Å². The molecule has 0 atom stereocenters. The number of thiazole rings is 1. The molecule has 3 aromatic carbocycles. The predicted molar refractivity (Wildman–Crippen MR) is 139 cm³/mol. The standard InChI is InChI=1S/C27H24N2O3S2/c1-17-21(14-27(30)31)22-13-19(32-16-26-28-23-5-3-4-6-25(23)34-26)9-12-24(22)29(17)15-18-7-10-20(33-2)11-8-18/h3-13H,14-16H2,1-2H3,(H,30,31). The second kappa shape index (κ2) is 9.52. The first-order chi connectivity index (χ1) is 16.5. The average molecular weight is 489 g/mol. The maximum atomic E-state index is 11.6. The van der Waals surface area contributed by atoms with Gasteiger partial charge in [0.25, 0.3) is 0 Å². The number of hydrogen-bond donors (Lipinski definition) is 1. The van der Waals surface area contributed by atoms with Crippen molar-refractivity contribution in [2.24, 2.45) is 0 Å². The molecule has 5 nitrogen and oxygen atoms in total. The van der Waals surface area contributed by atoms with Crippen LogP contribution in [0.1, 0.15) is 21.8 Å². The SMILES string of the molecule is CSc1ccc(Cn2c(C)c(CC(=O)O)c3cc(OCc4nc5ccccc5s4)ccc32)cc1. The Morgan fingerprint density at radius 3 is 2.65 bits per heavy atom. The van der Waals surface area contributed by atoms with Crippen molar-refractivity contribution in [2.75, 3.05) is 6.26 Å². The van der Waals surface area contributed by atoms with Gasteiger partial charge in [0.05, 0.1) is 16.6 Å². The topological polar surface area (TPSA) is 64.4 Å². The van der Waals surface area contributed by atoms with Crippen LogP contribution in [0.3, 0.4) is 0 Å². The van der Waals surface area contributed by atoms with Gasteiger partial charge < -0.3 is 14.4 Å². The molecule has 0 amide bonds. The number of benzene rings is 3. The minimum Gasteiger partial charge on any atom is -0.486 e. The minimum atomic E-state index is -0.840. The molecule has 172 valence electrons. The number of fused-ring (bicyclic) bond motifs is 2. The van der Waals surface area contributed by atoms with E-state index in [1.165, 1.54) is 10.5 Å². The molecule has 0 aliphatic rings. The lowest BCUT2D eigenvalue weighted by Gasteiger charge is -2.10. The number of carboxylic acid groups (broad SMARTS) is 1. The Hall–Kier alpha value is -3.29. The largest absolute Gasteiger partial charge is 0.486 e. The zero-order chi connectivity index (χ0) is 23.7. The number of carbonyl (C=O) groups is 1. The van der Waals surface area contributed by atoms with Gasteiger partial charge in [-0.05, 0) is 66.8 Å². The summed E-state index contributed by atoms with van der Waals surface area (Å²) >= 11 is 3.34. The lowest BCUT2D eigenvalue weighted by atomic mass is 10.1. The van der Waals surface area contributed by atoms with Crippen LogP contribution < -0.4 is 4.74 Å². The Bertz CT molecular complexity index is 1450. The van der Waals surface area contributed by atoms with E-state index in [1.54, 1.807) is 23.1 Å². The van der Waals surface area contributed by atoms with Crippen molar-refractivity contribution in [3.63, 3.8) is 0 Å². The van der Waals surface area contributed by atoms with Crippen LogP contribution in [-0.4, -0.2) is 26.9 Å². The van der Waals surface area contributed by atoms with Crippen LogP contribution in [0.15, 0.2) is 71.6 Å². The fourth-order valence-corrected chi connectivity index (χ4v) is 5.53. The van der Waals surface area contributed by atoms with Crippen LogP contribution in [0.2, 0.25) is 0 Å². The van der Waals surface area contributed by atoms with Gasteiger partial charge in [-0.25, -0.2) is 4.98 Å². The molecule has 34 heavy (non-hydrogen) atoms. The molecule has 0 radical (unpaired) electrons. The number of thioether (sulfide) groups is 1. The van der Waals surface area contributed by atoms with Gasteiger partial charge in [0, 0.05) is 28.0 Å². The number of para-hydroxylation sites is 1. The monoisotopic (exact) mass is 488 g/mol. The third kappa shape index (κ3) is 4.54. The highest BCUT2D eigenvalue weighted by atomic mass is 32.2. The molecule has 0 aliphatic carbocycles. The smallest absolute Gasteiger partial charge is 0.307 e. The van der Waals surface area contributed by atoms with Crippen LogP contribution >= 0.6 is 23.1 Å². The number of carboxylic acids is 1. The van der Waals surface area contributed by atoms with E-state index < -0.39 is 5.97 Å². The molecule has 0 saturated carbocycles. The lowest BCUT2D eigenvalue weighted by molar-refractivity contribution is -0.136. The van der Waals surface area contributed by atoms with Gasteiger partial charge in [0.2, 0.25) is 0 Å². The first-order valence-corrected chi connectivity index (χ1v) is 13.0. The van der Waals surface area contributed by atoms with E-state index in [1.807, 2.05) is 43.3 Å². The van der Waals surface area contributed by atoms with Crippen LogP contribution in [0.5, 0.6) is 5.75 Å². The Kier molecular flexibility index (Phi) is 6.30. The molecule has 0 saturated heterocycles. The molecule has 1 N–H and O–H groups in total. The molecular weight excluding hydrogens is 464 g/mol. The van der Waals surface area contributed by atoms with Crippen LogP contribution in [0.4, 0.5) is 0 Å². The molecule has 2 heterocycles. The summed E-state index contributed by atoms with van der Waals surface area (Å²) < 4.78 is 9.40. The number of ether oxygens (including phenoxy) is 1. The van der Waals surface area contributed by atoms with E-state index >= 15 is 0 Å². The van der Waals surface area contributed by atoms with Gasteiger partial charge in [-0.1, -0.05) is 24.3 Å². The second-order valence-electron chi connectivity index (χ2n) is 8.11. The van der Waals surface area contributed by atoms with Crippen molar-refractivity contribution in [2.45, 2.75) is 31.4 Å². The molecule has 7 heteroatoms. The number of aromatic nitrogens is 2. The summed E-state index contributed by atoms with van der Waals surface area (Å²) in [5.41, 5.74) is 4.96. The Labute approximate surface area is 206 Å². The third-order valence-corrected chi connectivity index (χ3v) is 7.71. The molecule has 0 bridgehead atoms. The van der Waals surface area contributed by atoms with Crippen molar-refractivity contribution < 1.29 is 14.6 Å². The van der Waals surface area contributed by atoms with Crippen molar-refractivity contribution in [3.8, 4) is 5.75 Å².